The summed E-state index contributed by atoms with van der Waals surface area (Å²) >= 11 is 3.43. The number of benzene rings is 2. The predicted octanol–water partition coefficient (Wildman–Crippen LogP) is 4.64. The second-order valence-corrected chi connectivity index (χ2v) is 5.04. The first-order valence-electron chi connectivity index (χ1n) is 5.60. The molecular formula is C14H11BrN2O. The number of hydrogen-bond acceptors (Lipinski definition) is 3. The molecule has 90 valence electrons. The Kier molecular flexibility index (Phi) is 2.80. The third-order valence-corrected chi connectivity index (χ3v) is 3.11. The zero-order valence-electron chi connectivity index (χ0n) is 9.77. The van der Waals surface area contributed by atoms with Crippen molar-refractivity contribution in [3.63, 3.8) is 0 Å². The second kappa shape index (κ2) is 4.46. The maximum absolute atomic E-state index is 5.63. The van der Waals surface area contributed by atoms with Gasteiger partial charge in [0.25, 0.3) is 6.01 Å². The van der Waals surface area contributed by atoms with Gasteiger partial charge in [0.15, 0.2) is 5.58 Å². The Labute approximate surface area is 113 Å². The van der Waals surface area contributed by atoms with Gasteiger partial charge in [-0.2, -0.15) is 4.98 Å². The minimum absolute atomic E-state index is 0.508. The van der Waals surface area contributed by atoms with Crippen molar-refractivity contribution in [3.05, 3.63) is 52.5 Å². The van der Waals surface area contributed by atoms with Crippen molar-refractivity contribution in [3.8, 4) is 0 Å². The summed E-state index contributed by atoms with van der Waals surface area (Å²) in [5.41, 5.74) is 3.77. The van der Waals surface area contributed by atoms with Crippen LogP contribution in [0.4, 0.5) is 11.7 Å². The van der Waals surface area contributed by atoms with E-state index in [4.69, 9.17) is 4.42 Å². The molecule has 3 nitrogen and oxygen atoms in total. The molecule has 0 saturated carbocycles. The van der Waals surface area contributed by atoms with Crippen LogP contribution in [-0.2, 0) is 0 Å². The van der Waals surface area contributed by atoms with E-state index in [1.54, 1.807) is 0 Å². The molecule has 0 radical (unpaired) electrons. The van der Waals surface area contributed by atoms with E-state index in [2.05, 4.69) is 26.2 Å². The van der Waals surface area contributed by atoms with Gasteiger partial charge in [-0.25, -0.2) is 0 Å². The molecule has 4 heteroatoms. The molecule has 0 aliphatic carbocycles. The summed E-state index contributed by atoms with van der Waals surface area (Å²) in [6, 6.07) is 14.3. The maximum Gasteiger partial charge on any atom is 0.300 e. The number of aryl methyl sites for hydroxylation is 1. The van der Waals surface area contributed by atoms with Crippen LogP contribution in [0.2, 0.25) is 0 Å². The van der Waals surface area contributed by atoms with Crippen LogP contribution in [0, 0.1) is 6.92 Å². The minimum atomic E-state index is 0.508. The quantitative estimate of drug-likeness (QED) is 0.749. The Balaban J connectivity index is 1.95. The molecule has 1 heterocycles. The smallest absolute Gasteiger partial charge is 0.300 e. The van der Waals surface area contributed by atoms with E-state index in [1.807, 2.05) is 49.4 Å². The van der Waals surface area contributed by atoms with Crippen LogP contribution < -0.4 is 5.32 Å². The third-order valence-electron chi connectivity index (χ3n) is 2.62. The lowest BCUT2D eigenvalue weighted by Gasteiger charge is -2.00. The third kappa shape index (κ3) is 2.24. The molecule has 0 atom stereocenters. The van der Waals surface area contributed by atoms with Crippen molar-refractivity contribution >= 4 is 38.7 Å². The van der Waals surface area contributed by atoms with Crippen molar-refractivity contribution < 1.29 is 4.42 Å². The first kappa shape index (κ1) is 11.3. The lowest BCUT2D eigenvalue weighted by atomic mass is 10.2. The highest BCUT2D eigenvalue weighted by molar-refractivity contribution is 9.10. The maximum atomic E-state index is 5.63. The zero-order chi connectivity index (χ0) is 12.5. The van der Waals surface area contributed by atoms with E-state index < -0.39 is 0 Å². The van der Waals surface area contributed by atoms with E-state index in [1.165, 1.54) is 5.56 Å². The average Bonchev–Trinajstić information content (AvgIpc) is 2.70. The van der Waals surface area contributed by atoms with Gasteiger partial charge in [-0.15, -0.1) is 0 Å². The number of fused-ring (bicyclic) bond motifs is 1. The summed E-state index contributed by atoms with van der Waals surface area (Å²) in [4.78, 5) is 4.41. The number of rotatable bonds is 2. The summed E-state index contributed by atoms with van der Waals surface area (Å²) < 4.78 is 6.64. The van der Waals surface area contributed by atoms with Gasteiger partial charge in [-0.05, 0) is 42.8 Å². The van der Waals surface area contributed by atoms with Crippen molar-refractivity contribution in [1.29, 1.82) is 0 Å². The molecule has 0 unspecified atom stereocenters. The summed E-state index contributed by atoms with van der Waals surface area (Å²) in [6.07, 6.45) is 0. The number of nitrogens with one attached hydrogen (secondary N) is 1. The van der Waals surface area contributed by atoms with E-state index in [0.717, 1.165) is 21.3 Å². The lowest BCUT2D eigenvalue weighted by Crippen LogP contribution is -1.89. The van der Waals surface area contributed by atoms with Gasteiger partial charge in [-0.1, -0.05) is 28.1 Å². The van der Waals surface area contributed by atoms with E-state index in [0.29, 0.717) is 6.01 Å². The first-order chi connectivity index (χ1) is 8.70. The van der Waals surface area contributed by atoms with Crippen LogP contribution in [0.15, 0.2) is 51.4 Å². The molecule has 3 aromatic rings. The molecular weight excluding hydrogens is 292 g/mol. The van der Waals surface area contributed by atoms with Crippen LogP contribution >= 0.6 is 15.9 Å². The normalized spacial score (nSPS) is 10.8. The number of oxazole rings is 1. The Morgan fingerprint density at radius 3 is 2.89 bits per heavy atom. The van der Waals surface area contributed by atoms with E-state index in [9.17, 15) is 0 Å². The fourth-order valence-electron chi connectivity index (χ4n) is 1.78. The highest BCUT2D eigenvalue weighted by atomic mass is 79.9. The zero-order valence-corrected chi connectivity index (χ0v) is 11.4. The monoisotopic (exact) mass is 302 g/mol. The van der Waals surface area contributed by atoms with Gasteiger partial charge in [0, 0.05) is 10.2 Å². The molecule has 1 N–H and O–H groups in total. The molecule has 2 aromatic carbocycles. The SMILES string of the molecule is Cc1ccc2oc(Nc3cccc(Br)c3)nc2c1. The Morgan fingerprint density at radius 2 is 2.06 bits per heavy atom. The molecule has 0 amide bonds. The Hall–Kier alpha value is -1.81. The summed E-state index contributed by atoms with van der Waals surface area (Å²) in [5.74, 6) is 0. The summed E-state index contributed by atoms with van der Waals surface area (Å²) in [5, 5.41) is 3.15. The summed E-state index contributed by atoms with van der Waals surface area (Å²) in [6.45, 7) is 2.04. The van der Waals surface area contributed by atoms with Gasteiger partial charge >= 0.3 is 0 Å². The van der Waals surface area contributed by atoms with Gasteiger partial charge < -0.3 is 9.73 Å². The van der Waals surface area contributed by atoms with Gasteiger partial charge in [0.1, 0.15) is 5.52 Å². The topological polar surface area (TPSA) is 38.1 Å². The Bertz CT molecular complexity index is 706. The lowest BCUT2D eigenvalue weighted by molar-refractivity contribution is 0.623. The molecule has 0 bridgehead atoms. The van der Waals surface area contributed by atoms with Crippen molar-refractivity contribution in [2.45, 2.75) is 6.92 Å². The van der Waals surface area contributed by atoms with Crippen LogP contribution in [0.3, 0.4) is 0 Å². The highest BCUT2D eigenvalue weighted by Gasteiger charge is 2.05. The molecule has 18 heavy (non-hydrogen) atoms. The predicted molar refractivity (Wildman–Crippen MR) is 76.2 cm³/mol. The van der Waals surface area contributed by atoms with Crippen LogP contribution in [0.5, 0.6) is 0 Å². The number of halogens is 1. The van der Waals surface area contributed by atoms with Crippen molar-refractivity contribution in [2.24, 2.45) is 0 Å². The molecule has 1 aromatic heterocycles. The first-order valence-corrected chi connectivity index (χ1v) is 6.40. The van der Waals surface area contributed by atoms with Crippen molar-refractivity contribution in [1.82, 2.24) is 4.98 Å². The Morgan fingerprint density at radius 1 is 1.17 bits per heavy atom. The number of aromatic nitrogens is 1. The molecule has 0 spiro atoms. The van der Waals surface area contributed by atoms with Gasteiger partial charge in [0.05, 0.1) is 0 Å². The highest BCUT2D eigenvalue weighted by Crippen LogP contribution is 2.24. The minimum Gasteiger partial charge on any atom is -0.423 e. The number of nitrogens with zero attached hydrogens (tertiary/aromatic N) is 1. The van der Waals surface area contributed by atoms with Gasteiger partial charge in [-0.3, -0.25) is 0 Å². The van der Waals surface area contributed by atoms with Crippen LogP contribution in [0.1, 0.15) is 5.56 Å². The molecule has 0 fully saturated rings. The molecule has 0 aliphatic rings. The van der Waals surface area contributed by atoms with E-state index >= 15 is 0 Å². The van der Waals surface area contributed by atoms with Crippen LogP contribution in [-0.4, -0.2) is 4.98 Å². The largest absolute Gasteiger partial charge is 0.423 e. The van der Waals surface area contributed by atoms with Crippen molar-refractivity contribution in [2.75, 3.05) is 5.32 Å². The number of hydrogen-bond donors (Lipinski definition) is 1. The summed E-state index contributed by atoms with van der Waals surface area (Å²) in [7, 11) is 0. The van der Waals surface area contributed by atoms with E-state index in [-0.39, 0.29) is 0 Å². The average molecular weight is 303 g/mol. The second-order valence-electron chi connectivity index (χ2n) is 4.13. The van der Waals surface area contributed by atoms with Crippen LogP contribution in [0.25, 0.3) is 11.1 Å². The number of anilines is 2. The molecule has 3 rings (SSSR count). The molecule has 0 aliphatic heterocycles. The standard InChI is InChI=1S/C14H11BrN2O/c1-9-5-6-13-12(7-9)17-14(18-13)16-11-4-2-3-10(15)8-11/h2-8H,1H3,(H,16,17). The molecule has 0 saturated heterocycles. The fraction of sp³-hybridized carbons (Fsp3) is 0.0714. The fourth-order valence-corrected chi connectivity index (χ4v) is 2.18. The van der Waals surface area contributed by atoms with Gasteiger partial charge in [0.2, 0.25) is 0 Å².